The monoisotopic (exact) mass is 443 g/mol. The molecular weight excluding hydrogens is 414 g/mol. The number of hydrogen-bond donors (Lipinski definition) is 0. The fraction of sp³-hybridized carbons (Fsp3) is 0.435. The van der Waals surface area contributed by atoms with E-state index < -0.39 is 10.0 Å². The van der Waals surface area contributed by atoms with E-state index in [1.807, 2.05) is 21.9 Å². The van der Waals surface area contributed by atoms with Crippen molar-refractivity contribution in [2.24, 2.45) is 0 Å². The molecule has 2 saturated heterocycles. The van der Waals surface area contributed by atoms with Gasteiger partial charge in [-0.15, -0.1) is 0 Å². The number of benzene rings is 2. The summed E-state index contributed by atoms with van der Waals surface area (Å²) < 4.78 is 32.6. The number of carbonyl (C=O) groups is 1. The Bertz CT molecular complexity index is 1030. The Hall–Kier alpha value is -2.58. The van der Waals surface area contributed by atoms with E-state index in [1.165, 1.54) is 9.87 Å². The van der Waals surface area contributed by atoms with Crippen LogP contribution >= 0.6 is 0 Å². The molecule has 8 heteroatoms. The highest BCUT2D eigenvalue weighted by Gasteiger charge is 2.37. The molecule has 4 rings (SSSR count). The zero-order valence-corrected chi connectivity index (χ0v) is 18.8. The summed E-state index contributed by atoms with van der Waals surface area (Å²) in [4.78, 5) is 17.0. The smallest absolute Gasteiger partial charge is 0.320 e. The molecular formula is C23H29N3O4S. The summed E-state index contributed by atoms with van der Waals surface area (Å²) in [5, 5.41) is 0. The highest BCUT2D eigenvalue weighted by molar-refractivity contribution is 7.89. The average molecular weight is 444 g/mol. The standard InChI is InChI=1S/C23H29N3O4S/c1-18-4-3-5-19(16-18)17-24-14-15-26(23(24)27)20-10-12-25(13-11-20)31(28,29)22-8-6-21(30-2)7-9-22/h3-9,16,20H,10-15,17H2,1-2H3. The molecule has 0 unspecified atom stereocenters. The van der Waals surface area contributed by atoms with Crippen LogP contribution in [0.2, 0.25) is 0 Å². The minimum Gasteiger partial charge on any atom is -0.497 e. The summed E-state index contributed by atoms with van der Waals surface area (Å²) in [6, 6.07) is 14.8. The van der Waals surface area contributed by atoms with Crippen molar-refractivity contribution in [3.8, 4) is 5.75 Å². The summed E-state index contributed by atoms with van der Waals surface area (Å²) in [5.41, 5.74) is 2.32. The van der Waals surface area contributed by atoms with Gasteiger partial charge in [0.05, 0.1) is 12.0 Å². The molecule has 0 aromatic heterocycles. The van der Waals surface area contributed by atoms with Crippen LogP contribution < -0.4 is 4.74 Å². The Labute approximate surface area is 184 Å². The number of carbonyl (C=O) groups excluding carboxylic acids is 1. The minimum atomic E-state index is -3.54. The SMILES string of the molecule is COc1ccc(S(=O)(=O)N2CCC(N3CCN(Cc4cccc(C)c4)C3=O)CC2)cc1. The fourth-order valence-corrected chi connectivity index (χ4v) is 5.88. The van der Waals surface area contributed by atoms with Gasteiger partial charge in [0.25, 0.3) is 0 Å². The minimum absolute atomic E-state index is 0.0537. The summed E-state index contributed by atoms with van der Waals surface area (Å²) in [6.45, 7) is 4.90. The van der Waals surface area contributed by atoms with Crippen LogP contribution in [0.5, 0.6) is 5.75 Å². The zero-order chi connectivity index (χ0) is 22.0. The predicted molar refractivity (Wildman–Crippen MR) is 118 cm³/mol. The molecule has 0 atom stereocenters. The normalized spacial score (nSPS) is 18.6. The molecule has 166 valence electrons. The number of aryl methyl sites for hydroxylation is 1. The summed E-state index contributed by atoms with van der Waals surface area (Å²) in [7, 11) is -1.99. The second-order valence-corrected chi connectivity index (χ2v) is 10.1. The van der Waals surface area contributed by atoms with Crippen LogP contribution in [0.4, 0.5) is 4.79 Å². The highest BCUT2D eigenvalue weighted by atomic mass is 32.2. The molecule has 2 aliphatic heterocycles. The van der Waals surface area contributed by atoms with Gasteiger partial charge in [0.2, 0.25) is 10.0 Å². The van der Waals surface area contributed by atoms with Gasteiger partial charge in [-0.05, 0) is 49.6 Å². The third-order valence-corrected chi connectivity index (χ3v) is 8.06. The van der Waals surface area contributed by atoms with Gasteiger partial charge in [-0.1, -0.05) is 29.8 Å². The Morgan fingerprint density at radius 2 is 1.71 bits per heavy atom. The number of urea groups is 1. The first kappa shape index (κ1) is 21.6. The lowest BCUT2D eigenvalue weighted by Crippen LogP contribution is -2.47. The van der Waals surface area contributed by atoms with E-state index in [0.717, 1.165) is 5.56 Å². The zero-order valence-electron chi connectivity index (χ0n) is 18.0. The summed E-state index contributed by atoms with van der Waals surface area (Å²) in [6.07, 6.45) is 1.30. The van der Waals surface area contributed by atoms with Gasteiger partial charge in [0.15, 0.2) is 0 Å². The third-order valence-electron chi connectivity index (χ3n) is 6.14. The van der Waals surface area contributed by atoms with E-state index in [1.54, 1.807) is 31.4 Å². The third kappa shape index (κ3) is 4.55. The van der Waals surface area contributed by atoms with Crippen molar-refractivity contribution in [1.29, 1.82) is 0 Å². The molecule has 2 fully saturated rings. The predicted octanol–water partition coefficient (Wildman–Crippen LogP) is 3.09. The van der Waals surface area contributed by atoms with Crippen molar-refractivity contribution in [1.82, 2.24) is 14.1 Å². The first-order chi connectivity index (χ1) is 14.9. The number of piperidine rings is 1. The Kier molecular flexibility index (Phi) is 6.20. The number of sulfonamides is 1. The number of hydrogen-bond acceptors (Lipinski definition) is 4. The maximum absolute atomic E-state index is 13.0. The van der Waals surface area contributed by atoms with E-state index in [0.29, 0.717) is 51.3 Å². The van der Waals surface area contributed by atoms with Crippen molar-refractivity contribution >= 4 is 16.1 Å². The number of rotatable bonds is 6. The molecule has 2 amide bonds. The lowest BCUT2D eigenvalue weighted by atomic mass is 10.1. The number of methoxy groups -OCH3 is 1. The van der Waals surface area contributed by atoms with Gasteiger partial charge < -0.3 is 14.5 Å². The van der Waals surface area contributed by atoms with Crippen molar-refractivity contribution in [3.63, 3.8) is 0 Å². The van der Waals surface area contributed by atoms with Crippen molar-refractivity contribution < 1.29 is 17.9 Å². The molecule has 0 bridgehead atoms. The maximum Gasteiger partial charge on any atom is 0.320 e. The van der Waals surface area contributed by atoms with E-state index in [4.69, 9.17) is 4.74 Å². The van der Waals surface area contributed by atoms with Crippen LogP contribution in [-0.4, -0.2) is 67.9 Å². The largest absolute Gasteiger partial charge is 0.497 e. The number of amides is 2. The first-order valence-corrected chi connectivity index (χ1v) is 12.1. The van der Waals surface area contributed by atoms with E-state index in [9.17, 15) is 13.2 Å². The Balaban J connectivity index is 1.35. The van der Waals surface area contributed by atoms with E-state index in [2.05, 4.69) is 19.1 Å². The molecule has 0 radical (unpaired) electrons. The van der Waals surface area contributed by atoms with Crippen LogP contribution in [0, 0.1) is 6.92 Å². The molecule has 0 N–H and O–H groups in total. The van der Waals surface area contributed by atoms with Crippen LogP contribution in [0.3, 0.4) is 0 Å². The highest BCUT2D eigenvalue weighted by Crippen LogP contribution is 2.27. The van der Waals surface area contributed by atoms with Crippen molar-refractivity contribution in [3.05, 3.63) is 59.7 Å². The van der Waals surface area contributed by atoms with Crippen LogP contribution in [-0.2, 0) is 16.6 Å². The lowest BCUT2D eigenvalue weighted by Gasteiger charge is -2.35. The quantitative estimate of drug-likeness (QED) is 0.688. The van der Waals surface area contributed by atoms with Crippen LogP contribution in [0.15, 0.2) is 53.4 Å². The molecule has 0 spiro atoms. The van der Waals surface area contributed by atoms with Crippen LogP contribution in [0.1, 0.15) is 24.0 Å². The van der Waals surface area contributed by atoms with Gasteiger partial charge in [-0.3, -0.25) is 0 Å². The van der Waals surface area contributed by atoms with Crippen molar-refractivity contribution in [2.75, 3.05) is 33.3 Å². The van der Waals surface area contributed by atoms with Crippen molar-refractivity contribution in [2.45, 2.75) is 37.2 Å². The topological polar surface area (TPSA) is 70.2 Å². The van der Waals surface area contributed by atoms with E-state index in [-0.39, 0.29) is 17.0 Å². The summed E-state index contributed by atoms with van der Waals surface area (Å²) in [5.74, 6) is 0.625. The molecule has 0 saturated carbocycles. The van der Waals surface area contributed by atoms with E-state index >= 15 is 0 Å². The van der Waals surface area contributed by atoms with Gasteiger partial charge in [0, 0.05) is 38.8 Å². The molecule has 2 aliphatic rings. The fourth-order valence-electron chi connectivity index (χ4n) is 4.41. The Morgan fingerprint density at radius 1 is 1.00 bits per heavy atom. The second kappa shape index (κ2) is 8.88. The first-order valence-electron chi connectivity index (χ1n) is 10.6. The van der Waals surface area contributed by atoms with Gasteiger partial charge >= 0.3 is 6.03 Å². The second-order valence-electron chi connectivity index (χ2n) is 8.20. The van der Waals surface area contributed by atoms with Gasteiger partial charge in [0.1, 0.15) is 5.75 Å². The molecule has 2 heterocycles. The molecule has 2 aromatic carbocycles. The maximum atomic E-state index is 13.0. The van der Waals surface area contributed by atoms with Gasteiger partial charge in [-0.2, -0.15) is 4.31 Å². The molecule has 31 heavy (non-hydrogen) atoms. The lowest BCUT2D eigenvalue weighted by molar-refractivity contribution is 0.153. The molecule has 7 nitrogen and oxygen atoms in total. The average Bonchev–Trinajstić information content (AvgIpc) is 3.14. The number of ether oxygens (including phenoxy) is 1. The summed E-state index contributed by atoms with van der Waals surface area (Å²) >= 11 is 0. The van der Waals surface area contributed by atoms with Crippen LogP contribution in [0.25, 0.3) is 0 Å². The molecule has 2 aromatic rings. The number of nitrogens with zero attached hydrogens (tertiary/aromatic N) is 3. The molecule has 0 aliphatic carbocycles. The Morgan fingerprint density at radius 3 is 2.35 bits per heavy atom. The van der Waals surface area contributed by atoms with Gasteiger partial charge in [-0.25, -0.2) is 13.2 Å².